The molecule has 0 bridgehead atoms. The van der Waals surface area contributed by atoms with Gasteiger partial charge in [0, 0.05) is 0 Å². The maximum atomic E-state index is 12.3. The van der Waals surface area contributed by atoms with Crippen molar-refractivity contribution in [1.82, 2.24) is 9.97 Å². The zero-order valence-electron chi connectivity index (χ0n) is 14.5. The third-order valence-corrected chi connectivity index (χ3v) is 4.62. The van der Waals surface area contributed by atoms with Gasteiger partial charge in [-0.05, 0) is 17.7 Å². The Morgan fingerprint density at radius 1 is 1.11 bits per heavy atom. The van der Waals surface area contributed by atoms with E-state index in [1.807, 2.05) is 0 Å². The van der Waals surface area contributed by atoms with Crippen LogP contribution in [0.4, 0.5) is 5.69 Å². The van der Waals surface area contributed by atoms with Gasteiger partial charge in [0.1, 0.15) is 5.56 Å². The lowest BCUT2D eigenvalue weighted by Crippen LogP contribution is -2.19. The number of hydrogen-bond donors (Lipinski definition) is 4. The maximum Gasteiger partial charge on any atom is 0.263 e. The minimum Gasteiger partial charge on any atom is -0.493 e. The highest BCUT2D eigenvalue weighted by atomic mass is 32.2. The fourth-order valence-corrected chi connectivity index (χ4v) is 3.16. The molecule has 0 radical (unpaired) electrons. The molecular weight excluding hydrogens is 380 g/mol. The first-order chi connectivity index (χ1) is 13.5. The lowest BCUT2D eigenvalue weighted by Gasteiger charge is -2.09. The van der Waals surface area contributed by atoms with Crippen molar-refractivity contribution in [3.8, 4) is 17.0 Å². The van der Waals surface area contributed by atoms with Crippen LogP contribution in [0.3, 0.4) is 0 Å². The Balaban J connectivity index is 1.71. The third kappa shape index (κ3) is 4.38. The van der Waals surface area contributed by atoms with Gasteiger partial charge in [-0.2, -0.15) is 4.98 Å². The molecule has 0 unspecified atom stereocenters. The van der Waals surface area contributed by atoms with Crippen LogP contribution in [0.2, 0.25) is 0 Å². The Bertz CT molecular complexity index is 1080. The Morgan fingerprint density at radius 2 is 1.79 bits per heavy atom. The van der Waals surface area contributed by atoms with E-state index < -0.39 is 23.3 Å². The zero-order valence-corrected chi connectivity index (χ0v) is 15.3. The van der Waals surface area contributed by atoms with Crippen LogP contribution in [-0.2, 0) is 4.79 Å². The summed E-state index contributed by atoms with van der Waals surface area (Å²) >= 11 is 0.939. The normalized spacial score (nSPS) is 10.4. The van der Waals surface area contributed by atoms with E-state index in [0.29, 0.717) is 11.3 Å². The first kappa shape index (κ1) is 19.2. The average molecular weight is 396 g/mol. The monoisotopic (exact) mass is 396 g/mol. The fraction of sp³-hybridized carbons (Fsp3) is 0.0526. The second kappa shape index (κ2) is 8.40. The molecule has 3 aromatic rings. The number of nitrogens with two attached hydrogens (primary N) is 1. The molecule has 0 saturated heterocycles. The average Bonchev–Trinajstić information content (AvgIpc) is 2.67. The minimum atomic E-state index is -0.657. The summed E-state index contributed by atoms with van der Waals surface area (Å²) in [5.74, 6) is -1.60. The highest BCUT2D eigenvalue weighted by Gasteiger charge is 2.15. The zero-order chi connectivity index (χ0) is 20.1. The maximum absolute atomic E-state index is 12.3. The summed E-state index contributed by atoms with van der Waals surface area (Å²) in [6, 6.07) is 15.0. The van der Waals surface area contributed by atoms with Gasteiger partial charge in [-0.15, -0.1) is 0 Å². The topological polar surface area (TPSA) is 138 Å². The Labute approximate surface area is 163 Å². The number of hydrogen-bond acceptors (Lipinski definition) is 6. The molecule has 3 rings (SSSR count). The molecule has 5 N–H and O–H groups in total. The largest absolute Gasteiger partial charge is 0.493 e. The van der Waals surface area contributed by atoms with E-state index in [1.165, 1.54) is 6.07 Å². The van der Waals surface area contributed by atoms with E-state index in [4.69, 9.17) is 5.73 Å². The number of primary amides is 1. The van der Waals surface area contributed by atoms with E-state index in [9.17, 15) is 19.5 Å². The van der Waals surface area contributed by atoms with Crippen molar-refractivity contribution in [2.45, 2.75) is 5.16 Å². The Hall–Kier alpha value is -3.59. The predicted octanol–water partition coefficient (Wildman–Crippen LogP) is 1.97. The number of benzene rings is 2. The second-order valence-electron chi connectivity index (χ2n) is 5.68. The summed E-state index contributed by atoms with van der Waals surface area (Å²) in [6.45, 7) is 0. The van der Waals surface area contributed by atoms with Gasteiger partial charge in [0.15, 0.2) is 5.16 Å². The summed E-state index contributed by atoms with van der Waals surface area (Å²) < 4.78 is 0. The van der Waals surface area contributed by atoms with E-state index in [-0.39, 0.29) is 22.0 Å². The van der Waals surface area contributed by atoms with Gasteiger partial charge in [-0.25, -0.2) is 0 Å². The molecule has 0 fully saturated rings. The predicted molar refractivity (Wildman–Crippen MR) is 106 cm³/mol. The number of para-hydroxylation sites is 1. The smallest absolute Gasteiger partial charge is 0.263 e. The number of carbonyl (C=O) groups excluding carboxylic acids is 2. The van der Waals surface area contributed by atoms with Gasteiger partial charge in [-0.1, -0.05) is 54.2 Å². The first-order valence-corrected chi connectivity index (χ1v) is 9.14. The summed E-state index contributed by atoms with van der Waals surface area (Å²) in [5.41, 5.74) is 5.85. The standard InChI is InChI=1S/C19H16N4O4S/c20-16(25)12-8-4-5-9-13(12)21-14(24)10-28-19-22-17(26)15(18(27)23-19)11-6-2-1-3-7-11/h1-9H,10H2,(H2,20,25)(H,21,24)(H2,22,23,26,27). The van der Waals surface area contributed by atoms with Crippen LogP contribution in [0.5, 0.6) is 5.88 Å². The molecule has 0 aliphatic rings. The summed E-state index contributed by atoms with van der Waals surface area (Å²) in [6.07, 6.45) is 0. The molecule has 0 spiro atoms. The number of nitrogens with one attached hydrogen (secondary N) is 2. The molecule has 2 amide bonds. The summed E-state index contributed by atoms with van der Waals surface area (Å²) in [5, 5.41) is 12.8. The molecule has 0 saturated carbocycles. The van der Waals surface area contributed by atoms with Crippen LogP contribution in [-0.4, -0.2) is 32.6 Å². The number of nitrogens with zero attached hydrogens (tertiary/aromatic N) is 1. The number of anilines is 1. The van der Waals surface area contributed by atoms with E-state index in [2.05, 4.69) is 15.3 Å². The molecular formula is C19H16N4O4S. The highest BCUT2D eigenvalue weighted by molar-refractivity contribution is 7.99. The number of amides is 2. The van der Waals surface area contributed by atoms with Crippen molar-refractivity contribution in [2.24, 2.45) is 5.73 Å². The quantitative estimate of drug-likeness (QED) is 0.371. The molecule has 8 nitrogen and oxygen atoms in total. The first-order valence-electron chi connectivity index (χ1n) is 8.16. The van der Waals surface area contributed by atoms with Crippen LogP contribution >= 0.6 is 11.8 Å². The molecule has 1 heterocycles. The van der Waals surface area contributed by atoms with Gasteiger partial charge in [0.25, 0.3) is 11.5 Å². The SMILES string of the molecule is NC(=O)c1ccccc1NC(=O)CSc1nc(O)c(-c2ccccc2)c(=O)[nH]1. The third-order valence-electron chi connectivity index (χ3n) is 3.75. The van der Waals surface area contributed by atoms with Crippen molar-refractivity contribution in [3.05, 3.63) is 70.5 Å². The molecule has 2 aromatic carbocycles. The van der Waals surface area contributed by atoms with Gasteiger partial charge in [-0.3, -0.25) is 14.4 Å². The number of aromatic hydroxyl groups is 1. The second-order valence-corrected chi connectivity index (χ2v) is 6.65. The number of rotatable bonds is 6. The van der Waals surface area contributed by atoms with Crippen LogP contribution in [0, 0.1) is 0 Å². The van der Waals surface area contributed by atoms with E-state index >= 15 is 0 Å². The number of thioether (sulfide) groups is 1. The van der Waals surface area contributed by atoms with E-state index in [1.54, 1.807) is 48.5 Å². The summed E-state index contributed by atoms with van der Waals surface area (Å²) in [7, 11) is 0. The Kier molecular flexibility index (Phi) is 5.75. The molecule has 0 atom stereocenters. The summed E-state index contributed by atoms with van der Waals surface area (Å²) in [4.78, 5) is 42.3. The van der Waals surface area contributed by atoms with Crippen molar-refractivity contribution in [3.63, 3.8) is 0 Å². The number of aromatic amines is 1. The highest BCUT2D eigenvalue weighted by Crippen LogP contribution is 2.25. The van der Waals surface area contributed by atoms with Crippen LogP contribution in [0.1, 0.15) is 10.4 Å². The van der Waals surface area contributed by atoms with E-state index in [0.717, 1.165) is 11.8 Å². The molecule has 142 valence electrons. The van der Waals surface area contributed by atoms with Gasteiger partial charge < -0.3 is 21.1 Å². The number of aromatic nitrogens is 2. The van der Waals surface area contributed by atoms with Crippen molar-refractivity contribution < 1.29 is 14.7 Å². The molecule has 0 aliphatic carbocycles. The van der Waals surface area contributed by atoms with Crippen LogP contribution < -0.4 is 16.6 Å². The number of carbonyl (C=O) groups is 2. The van der Waals surface area contributed by atoms with Crippen molar-refractivity contribution in [2.75, 3.05) is 11.1 Å². The lowest BCUT2D eigenvalue weighted by atomic mass is 10.1. The number of H-pyrrole nitrogens is 1. The van der Waals surface area contributed by atoms with Gasteiger partial charge in [0.2, 0.25) is 11.8 Å². The lowest BCUT2D eigenvalue weighted by molar-refractivity contribution is -0.113. The molecule has 9 heteroatoms. The van der Waals surface area contributed by atoms with Crippen molar-refractivity contribution in [1.29, 1.82) is 0 Å². The van der Waals surface area contributed by atoms with Gasteiger partial charge >= 0.3 is 0 Å². The molecule has 0 aliphatic heterocycles. The Morgan fingerprint density at radius 3 is 2.46 bits per heavy atom. The minimum absolute atomic E-state index is 0.0600. The van der Waals surface area contributed by atoms with Crippen LogP contribution in [0.15, 0.2) is 64.5 Å². The van der Waals surface area contributed by atoms with Crippen molar-refractivity contribution >= 4 is 29.3 Å². The van der Waals surface area contributed by atoms with Gasteiger partial charge in [0.05, 0.1) is 17.0 Å². The van der Waals surface area contributed by atoms with Crippen LogP contribution in [0.25, 0.3) is 11.1 Å². The fourth-order valence-electron chi connectivity index (χ4n) is 2.50. The molecule has 28 heavy (non-hydrogen) atoms. The molecule has 1 aromatic heterocycles.